The lowest BCUT2D eigenvalue weighted by molar-refractivity contribution is 1.18. The highest BCUT2D eigenvalue weighted by atomic mass is 15.0. The minimum Gasteiger partial charge on any atom is -0.309 e. The van der Waals surface area contributed by atoms with Crippen molar-refractivity contribution >= 4 is 21.8 Å². The molecule has 0 fully saturated rings. The van der Waals surface area contributed by atoms with Crippen LogP contribution < -0.4 is 0 Å². The summed E-state index contributed by atoms with van der Waals surface area (Å²) in [5, 5.41) is 2.56. The monoisotopic (exact) mass is 483 g/mol. The van der Waals surface area contributed by atoms with Crippen LogP contribution in [0.1, 0.15) is 11.1 Å². The quantitative estimate of drug-likeness (QED) is 0.236. The van der Waals surface area contributed by atoms with Gasteiger partial charge in [0.1, 0.15) is 0 Å². The number of benzene rings is 6. The summed E-state index contributed by atoms with van der Waals surface area (Å²) in [6.45, 7) is 0. The van der Waals surface area contributed by atoms with Crippen LogP contribution in [0.5, 0.6) is 0 Å². The zero-order chi connectivity index (χ0) is 25.1. The SMILES string of the molecule is c1ccc(-c2ccc3c(c2)c2cc(-c4ccc5c(c4)Cc4ccccc4-5)ccc2n3-c2ccccc2)cc1. The van der Waals surface area contributed by atoms with Gasteiger partial charge >= 0.3 is 0 Å². The van der Waals surface area contributed by atoms with Crippen molar-refractivity contribution < 1.29 is 0 Å². The summed E-state index contributed by atoms with van der Waals surface area (Å²) in [6.07, 6.45) is 1.01. The molecule has 0 aliphatic heterocycles. The fourth-order valence-corrected chi connectivity index (χ4v) is 6.19. The van der Waals surface area contributed by atoms with E-state index >= 15 is 0 Å². The van der Waals surface area contributed by atoms with Gasteiger partial charge in [0.15, 0.2) is 0 Å². The standard InChI is InChI=1S/C37H25N/c1-3-9-25(10-4-1)27-16-19-36-34(23-27)35-24-28(17-20-37(35)38(36)31-12-5-2-6-13-31)26-15-18-33-30(21-26)22-29-11-7-8-14-32(29)33/h1-21,23-24H,22H2. The highest BCUT2D eigenvalue weighted by Gasteiger charge is 2.19. The maximum atomic E-state index is 2.39. The molecule has 8 rings (SSSR count). The molecule has 6 aromatic carbocycles. The van der Waals surface area contributed by atoms with E-state index in [9.17, 15) is 0 Å². The average Bonchev–Trinajstić information content (AvgIpc) is 3.52. The molecule has 0 N–H and O–H groups in total. The van der Waals surface area contributed by atoms with Gasteiger partial charge in [-0.15, -0.1) is 0 Å². The molecule has 1 heteroatoms. The van der Waals surface area contributed by atoms with Gasteiger partial charge in [-0.05, 0) is 87.3 Å². The molecule has 0 radical (unpaired) electrons. The molecule has 1 aromatic heterocycles. The lowest BCUT2D eigenvalue weighted by Crippen LogP contribution is -1.93. The average molecular weight is 484 g/mol. The van der Waals surface area contributed by atoms with Crippen LogP contribution in [-0.4, -0.2) is 4.57 Å². The van der Waals surface area contributed by atoms with Crippen molar-refractivity contribution in [1.29, 1.82) is 0 Å². The van der Waals surface area contributed by atoms with Crippen molar-refractivity contribution in [3.63, 3.8) is 0 Å². The number of fused-ring (bicyclic) bond motifs is 6. The Morgan fingerprint density at radius 3 is 1.68 bits per heavy atom. The Hall–Kier alpha value is -4.88. The van der Waals surface area contributed by atoms with Crippen molar-refractivity contribution in [3.8, 4) is 39.1 Å². The molecule has 178 valence electrons. The van der Waals surface area contributed by atoms with Gasteiger partial charge in [-0.3, -0.25) is 0 Å². The van der Waals surface area contributed by atoms with Crippen LogP contribution in [0.2, 0.25) is 0 Å². The van der Waals surface area contributed by atoms with Crippen LogP contribution in [0.15, 0.2) is 140 Å². The van der Waals surface area contributed by atoms with E-state index in [1.807, 2.05) is 0 Å². The van der Waals surface area contributed by atoms with E-state index in [4.69, 9.17) is 0 Å². The normalized spacial score (nSPS) is 12.1. The number of aromatic nitrogens is 1. The summed E-state index contributed by atoms with van der Waals surface area (Å²) in [4.78, 5) is 0. The zero-order valence-corrected chi connectivity index (χ0v) is 20.9. The Morgan fingerprint density at radius 2 is 0.947 bits per heavy atom. The van der Waals surface area contributed by atoms with Gasteiger partial charge < -0.3 is 4.57 Å². The van der Waals surface area contributed by atoms with E-state index in [0.717, 1.165) is 6.42 Å². The van der Waals surface area contributed by atoms with Gasteiger partial charge in [0, 0.05) is 16.5 Å². The first-order valence-corrected chi connectivity index (χ1v) is 13.2. The summed E-state index contributed by atoms with van der Waals surface area (Å²) in [5.41, 5.74) is 14.3. The van der Waals surface area contributed by atoms with Gasteiger partial charge in [-0.2, -0.15) is 0 Å². The highest BCUT2D eigenvalue weighted by Crippen LogP contribution is 2.40. The minimum atomic E-state index is 1.01. The predicted molar refractivity (Wildman–Crippen MR) is 160 cm³/mol. The van der Waals surface area contributed by atoms with Gasteiger partial charge in [-0.25, -0.2) is 0 Å². The van der Waals surface area contributed by atoms with E-state index in [1.165, 1.54) is 72.0 Å². The van der Waals surface area contributed by atoms with Gasteiger partial charge in [-0.1, -0.05) is 103 Å². The van der Waals surface area contributed by atoms with Crippen LogP contribution in [0.25, 0.3) is 60.9 Å². The Balaban J connectivity index is 1.34. The first-order valence-electron chi connectivity index (χ1n) is 13.2. The van der Waals surface area contributed by atoms with Crippen LogP contribution in [-0.2, 0) is 6.42 Å². The lowest BCUT2D eigenvalue weighted by atomic mass is 9.97. The minimum absolute atomic E-state index is 1.01. The van der Waals surface area contributed by atoms with Gasteiger partial charge in [0.05, 0.1) is 11.0 Å². The third-order valence-corrected chi connectivity index (χ3v) is 8.01. The van der Waals surface area contributed by atoms with E-state index < -0.39 is 0 Å². The first-order chi connectivity index (χ1) is 18.8. The molecule has 0 amide bonds. The largest absolute Gasteiger partial charge is 0.309 e. The second-order valence-corrected chi connectivity index (χ2v) is 10.2. The summed E-state index contributed by atoms with van der Waals surface area (Å²) in [5.74, 6) is 0. The summed E-state index contributed by atoms with van der Waals surface area (Å²) in [7, 11) is 0. The molecule has 0 bridgehead atoms. The van der Waals surface area contributed by atoms with Crippen LogP contribution in [0, 0.1) is 0 Å². The summed E-state index contributed by atoms with van der Waals surface area (Å²) in [6, 6.07) is 51.0. The van der Waals surface area contributed by atoms with Crippen LogP contribution >= 0.6 is 0 Å². The first kappa shape index (κ1) is 21.2. The van der Waals surface area contributed by atoms with Crippen molar-refractivity contribution in [2.45, 2.75) is 6.42 Å². The van der Waals surface area contributed by atoms with Crippen LogP contribution in [0.4, 0.5) is 0 Å². The number of rotatable bonds is 3. The van der Waals surface area contributed by atoms with E-state index in [-0.39, 0.29) is 0 Å². The van der Waals surface area contributed by atoms with Gasteiger partial charge in [0.2, 0.25) is 0 Å². The lowest BCUT2D eigenvalue weighted by Gasteiger charge is -2.09. The van der Waals surface area contributed by atoms with Gasteiger partial charge in [0.25, 0.3) is 0 Å². The van der Waals surface area contributed by atoms with E-state index in [1.54, 1.807) is 0 Å². The Bertz CT molecular complexity index is 1980. The fourth-order valence-electron chi connectivity index (χ4n) is 6.19. The smallest absolute Gasteiger partial charge is 0.0541 e. The van der Waals surface area contributed by atoms with E-state index in [2.05, 4.69) is 144 Å². The maximum absolute atomic E-state index is 2.39. The summed E-state index contributed by atoms with van der Waals surface area (Å²) < 4.78 is 2.39. The van der Waals surface area contributed by atoms with Crippen molar-refractivity contribution in [3.05, 3.63) is 151 Å². The molecule has 1 aliphatic carbocycles. The Kier molecular flexibility index (Phi) is 4.65. The molecular weight excluding hydrogens is 458 g/mol. The molecule has 1 aliphatic rings. The molecule has 38 heavy (non-hydrogen) atoms. The number of hydrogen-bond donors (Lipinski definition) is 0. The van der Waals surface area contributed by atoms with Crippen LogP contribution in [0.3, 0.4) is 0 Å². The molecule has 0 atom stereocenters. The molecule has 0 unspecified atom stereocenters. The second kappa shape index (κ2) is 8.33. The predicted octanol–water partition coefficient (Wildman–Crippen LogP) is 9.69. The molecule has 0 spiro atoms. The Morgan fingerprint density at radius 1 is 0.395 bits per heavy atom. The van der Waals surface area contributed by atoms with Crippen molar-refractivity contribution in [1.82, 2.24) is 4.57 Å². The molecular formula is C37H25N. The zero-order valence-electron chi connectivity index (χ0n) is 20.9. The number of hydrogen-bond acceptors (Lipinski definition) is 0. The highest BCUT2D eigenvalue weighted by molar-refractivity contribution is 6.11. The molecule has 0 saturated heterocycles. The maximum Gasteiger partial charge on any atom is 0.0541 e. The molecule has 1 nitrogen and oxygen atoms in total. The third kappa shape index (κ3) is 3.26. The second-order valence-electron chi connectivity index (χ2n) is 10.2. The number of para-hydroxylation sites is 1. The summed E-state index contributed by atoms with van der Waals surface area (Å²) >= 11 is 0. The topological polar surface area (TPSA) is 4.93 Å². The fraction of sp³-hybridized carbons (Fsp3) is 0.0270. The van der Waals surface area contributed by atoms with E-state index in [0.29, 0.717) is 0 Å². The molecule has 7 aromatic rings. The van der Waals surface area contributed by atoms with Crippen molar-refractivity contribution in [2.75, 3.05) is 0 Å². The number of nitrogens with zero attached hydrogens (tertiary/aromatic N) is 1. The van der Waals surface area contributed by atoms with Crippen molar-refractivity contribution in [2.24, 2.45) is 0 Å². The Labute approximate surface area is 222 Å². The molecule has 0 saturated carbocycles. The third-order valence-electron chi connectivity index (χ3n) is 8.01. The molecule has 1 heterocycles.